The highest BCUT2D eigenvalue weighted by Crippen LogP contribution is 2.34. The SMILES string of the molecule is N#Cc1ccc(-c2ccc(F)cc2)nc1Sc1ccc(Cl)c(Cl)c1. The number of hydrogen-bond acceptors (Lipinski definition) is 3. The van der Waals surface area contributed by atoms with Crippen molar-refractivity contribution < 1.29 is 4.39 Å². The van der Waals surface area contributed by atoms with E-state index in [1.54, 1.807) is 36.4 Å². The molecular weight excluding hydrogens is 366 g/mol. The number of aromatic nitrogens is 1. The largest absolute Gasteiger partial charge is 0.240 e. The number of nitrogens with zero attached hydrogens (tertiary/aromatic N) is 2. The number of hydrogen-bond donors (Lipinski definition) is 0. The first-order valence-electron chi connectivity index (χ1n) is 6.87. The van der Waals surface area contributed by atoms with Gasteiger partial charge in [0.25, 0.3) is 0 Å². The fourth-order valence-electron chi connectivity index (χ4n) is 2.04. The van der Waals surface area contributed by atoms with Crippen LogP contribution in [0, 0.1) is 17.1 Å². The Morgan fingerprint density at radius 2 is 1.71 bits per heavy atom. The van der Waals surface area contributed by atoms with Crippen molar-refractivity contribution >= 4 is 35.0 Å². The number of rotatable bonds is 3. The zero-order valence-corrected chi connectivity index (χ0v) is 14.5. The molecule has 1 aromatic heterocycles. The topological polar surface area (TPSA) is 36.7 Å². The van der Waals surface area contributed by atoms with E-state index >= 15 is 0 Å². The quantitative estimate of drug-likeness (QED) is 0.546. The van der Waals surface area contributed by atoms with E-state index in [0.29, 0.717) is 26.3 Å². The van der Waals surface area contributed by atoms with Crippen LogP contribution in [-0.4, -0.2) is 4.98 Å². The van der Waals surface area contributed by atoms with Crippen LogP contribution in [0.4, 0.5) is 4.39 Å². The first kappa shape index (κ1) is 16.8. The van der Waals surface area contributed by atoms with Crippen LogP contribution < -0.4 is 0 Å². The first-order valence-corrected chi connectivity index (χ1v) is 8.44. The maximum atomic E-state index is 13.1. The second-order valence-electron chi connectivity index (χ2n) is 4.85. The average molecular weight is 375 g/mol. The highest BCUT2D eigenvalue weighted by atomic mass is 35.5. The molecule has 0 saturated heterocycles. The summed E-state index contributed by atoms with van der Waals surface area (Å²) in [6.45, 7) is 0. The van der Waals surface area contributed by atoms with E-state index in [0.717, 1.165) is 10.5 Å². The maximum Gasteiger partial charge on any atom is 0.123 e. The Hall–Kier alpha value is -2.06. The Morgan fingerprint density at radius 3 is 2.38 bits per heavy atom. The lowest BCUT2D eigenvalue weighted by Crippen LogP contribution is -1.91. The molecule has 24 heavy (non-hydrogen) atoms. The van der Waals surface area contributed by atoms with E-state index < -0.39 is 0 Å². The molecule has 0 aliphatic carbocycles. The predicted octanol–water partition coefficient (Wildman–Crippen LogP) is 6.22. The standard InChI is InChI=1S/C18H9Cl2FN2S/c19-15-7-6-14(9-16(15)20)24-18-12(10-22)3-8-17(23-18)11-1-4-13(21)5-2-11/h1-9H. The van der Waals surface area contributed by atoms with Crippen LogP contribution in [0.15, 0.2) is 64.5 Å². The summed E-state index contributed by atoms with van der Waals surface area (Å²) >= 11 is 13.3. The fraction of sp³-hybridized carbons (Fsp3) is 0. The molecule has 0 radical (unpaired) electrons. The van der Waals surface area contributed by atoms with Crippen LogP contribution in [0.5, 0.6) is 0 Å². The molecule has 2 nitrogen and oxygen atoms in total. The third-order valence-corrected chi connectivity index (χ3v) is 4.96. The Morgan fingerprint density at radius 1 is 0.958 bits per heavy atom. The number of halogens is 3. The van der Waals surface area contributed by atoms with E-state index in [9.17, 15) is 9.65 Å². The zero-order chi connectivity index (χ0) is 17.1. The first-order chi connectivity index (χ1) is 11.6. The van der Waals surface area contributed by atoms with Crippen LogP contribution >= 0.6 is 35.0 Å². The Balaban J connectivity index is 1.99. The van der Waals surface area contributed by atoms with Crippen molar-refractivity contribution in [1.82, 2.24) is 4.98 Å². The van der Waals surface area contributed by atoms with Gasteiger partial charge in [-0.25, -0.2) is 9.37 Å². The molecule has 0 unspecified atom stereocenters. The second kappa shape index (κ2) is 7.23. The molecule has 0 N–H and O–H groups in total. The van der Waals surface area contributed by atoms with Gasteiger partial charge in [0.05, 0.1) is 21.3 Å². The minimum atomic E-state index is -0.308. The Bertz CT molecular complexity index is 937. The molecule has 0 spiro atoms. The van der Waals surface area contributed by atoms with Gasteiger partial charge in [0.15, 0.2) is 0 Å². The van der Waals surface area contributed by atoms with Gasteiger partial charge in [0, 0.05) is 10.5 Å². The lowest BCUT2D eigenvalue weighted by molar-refractivity contribution is 0.628. The molecule has 0 atom stereocenters. The summed E-state index contributed by atoms with van der Waals surface area (Å²) < 4.78 is 13.1. The molecule has 2 aromatic carbocycles. The second-order valence-corrected chi connectivity index (χ2v) is 6.72. The molecule has 0 saturated carbocycles. The van der Waals surface area contributed by atoms with E-state index in [1.165, 1.54) is 23.9 Å². The van der Waals surface area contributed by atoms with Crippen molar-refractivity contribution in [2.75, 3.05) is 0 Å². The molecule has 0 amide bonds. The van der Waals surface area contributed by atoms with Gasteiger partial charge in [-0.15, -0.1) is 0 Å². The van der Waals surface area contributed by atoms with Crippen LogP contribution in [0.1, 0.15) is 5.56 Å². The van der Waals surface area contributed by atoms with Crippen molar-refractivity contribution in [3.63, 3.8) is 0 Å². The third-order valence-electron chi connectivity index (χ3n) is 3.23. The van der Waals surface area contributed by atoms with E-state index in [-0.39, 0.29) is 5.82 Å². The highest BCUT2D eigenvalue weighted by Gasteiger charge is 2.10. The lowest BCUT2D eigenvalue weighted by Gasteiger charge is -2.07. The molecule has 3 aromatic rings. The summed E-state index contributed by atoms with van der Waals surface area (Å²) in [5.74, 6) is -0.308. The van der Waals surface area contributed by atoms with Gasteiger partial charge in [-0.3, -0.25) is 0 Å². The van der Waals surface area contributed by atoms with Gasteiger partial charge < -0.3 is 0 Å². The normalized spacial score (nSPS) is 10.4. The van der Waals surface area contributed by atoms with Gasteiger partial charge >= 0.3 is 0 Å². The molecule has 3 rings (SSSR count). The third kappa shape index (κ3) is 3.70. The van der Waals surface area contributed by atoms with Crippen molar-refractivity contribution in [3.8, 4) is 17.3 Å². The molecule has 0 fully saturated rings. The minimum Gasteiger partial charge on any atom is -0.240 e. The summed E-state index contributed by atoms with van der Waals surface area (Å²) in [7, 11) is 0. The van der Waals surface area contributed by atoms with Gasteiger partial charge in [-0.2, -0.15) is 5.26 Å². The van der Waals surface area contributed by atoms with Crippen LogP contribution in [-0.2, 0) is 0 Å². The molecule has 1 heterocycles. The van der Waals surface area contributed by atoms with Crippen molar-refractivity contribution in [2.24, 2.45) is 0 Å². The average Bonchev–Trinajstić information content (AvgIpc) is 2.59. The minimum absolute atomic E-state index is 0.308. The number of pyridine rings is 1. The molecule has 0 aliphatic heterocycles. The van der Waals surface area contributed by atoms with Gasteiger partial charge in [-0.05, 0) is 54.6 Å². The predicted molar refractivity (Wildman–Crippen MR) is 94.9 cm³/mol. The highest BCUT2D eigenvalue weighted by molar-refractivity contribution is 7.99. The molecule has 6 heteroatoms. The molecule has 0 aliphatic rings. The summed E-state index contributed by atoms with van der Waals surface area (Å²) in [4.78, 5) is 5.36. The number of benzene rings is 2. The fourth-order valence-corrected chi connectivity index (χ4v) is 3.30. The summed E-state index contributed by atoms with van der Waals surface area (Å²) in [6, 6.07) is 16.9. The van der Waals surface area contributed by atoms with Gasteiger partial charge in [0.1, 0.15) is 16.9 Å². The molecule has 0 bridgehead atoms. The lowest BCUT2D eigenvalue weighted by atomic mass is 10.1. The van der Waals surface area contributed by atoms with Gasteiger partial charge in [0.2, 0.25) is 0 Å². The van der Waals surface area contributed by atoms with Crippen LogP contribution in [0.25, 0.3) is 11.3 Å². The number of nitriles is 1. The zero-order valence-electron chi connectivity index (χ0n) is 12.1. The van der Waals surface area contributed by atoms with Crippen molar-refractivity contribution in [1.29, 1.82) is 5.26 Å². The summed E-state index contributed by atoms with van der Waals surface area (Å²) in [5.41, 5.74) is 1.89. The molecule has 118 valence electrons. The van der Waals surface area contributed by atoms with Crippen molar-refractivity contribution in [2.45, 2.75) is 9.92 Å². The summed E-state index contributed by atoms with van der Waals surface area (Å²) in [6.07, 6.45) is 0. The van der Waals surface area contributed by atoms with E-state index in [1.807, 2.05) is 6.07 Å². The van der Waals surface area contributed by atoms with E-state index in [4.69, 9.17) is 23.2 Å². The maximum absolute atomic E-state index is 13.1. The Labute approximate surface area is 152 Å². The Kier molecular flexibility index (Phi) is 5.06. The monoisotopic (exact) mass is 374 g/mol. The van der Waals surface area contributed by atoms with Gasteiger partial charge in [-0.1, -0.05) is 35.0 Å². The van der Waals surface area contributed by atoms with Crippen LogP contribution in [0.2, 0.25) is 10.0 Å². The van der Waals surface area contributed by atoms with Crippen LogP contribution in [0.3, 0.4) is 0 Å². The van der Waals surface area contributed by atoms with Crippen molar-refractivity contribution in [3.05, 3.63) is 76.0 Å². The van der Waals surface area contributed by atoms with E-state index in [2.05, 4.69) is 11.1 Å². The summed E-state index contributed by atoms with van der Waals surface area (Å²) in [5, 5.41) is 10.8. The smallest absolute Gasteiger partial charge is 0.123 e. The molecular formula is C18H9Cl2FN2S.